The van der Waals surface area contributed by atoms with Crippen molar-refractivity contribution in [1.29, 1.82) is 0 Å². The van der Waals surface area contributed by atoms with Gasteiger partial charge in [0.1, 0.15) is 0 Å². The Morgan fingerprint density at radius 1 is 1.12 bits per heavy atom. The lowest BCUT2D eigenvalue weighted by atomic mass is 10.1. The molecule has 1 atom stereocenters. The van der Waals surface area contributed by atoms with E-state index in [0.29, 0.717) is 13.7 Å². The number of hydrogen-bond acceptors (Lipinski definition) is 1. The number of hydrogen-bond donors (Lipinski definition) is 0. The Morgan fingerprint density at radius 3 is 2.35 bits per heavy atom. The van der Waals surface area contributed by atoms with Crippen molar-refractivity contribution < 1.29 is 0 Å². The maximum absolute atomic E-state index is 6.38. The normalized spacial score (nSPS) is 12.8. The van der Waals surface area contributed by atoms with Gasteiger partial charge in [0.2, 0.25) is 0 Å². The van der Waals surface area contributed by atoms with E-state index in [-0.39, 0.29) is 5.38 Å². The third kappa shape index (κ3) is 2.91. The number of thiophene rings is 1. The van der Waals surface area contributed by atoms with E-state index >= 15 is 0 Å². The van der Waals surface area contributed by atoms with Crippen LogP contribution >= 0.6 is 57.7 Å². The van der Waals surface area contributed by atoms with Crippen LogP contribution in [0.2, 0.25) is 13.7 Å². The average Bonchev–Trinajstić information content (AvgIpc) is 2.61. The second-order valence-electron chi connectivity index (χ2n) is 3.65. The Hall–Kier alpha value is 0.0800. The van der Waals surface area contributed by atoms with Gasteiger partial charge in [0.05, 0.1) is 14.0 Å². The van der Waals surface area contributed by atoms with Crippen molar-refractivity contribution in [1.82, 2.24) is 0 Å². The molecular weight excluding hydrogens is 318 g/mol. The van der Waals surface area contributed by atoms with E-state index in [9.17, 15) is 0 Å². The standard InChI is InChI=1S/C12H8Cl4S/c1-6-2-3-7(4-9(6)13)11(15)8-5-10(14)17-12(8)16/h2-5,11H,1H3. The first kappa shape index (κ1) is 13.5. The number of aryl methyl sites for hydroxylation is 1. The maximum Gasteiger partial charge on any atom is 0.0994 e. The van der Waals surface area contributed by atoms with E-state index in [1.165, 1.54) is 11.3 Å². The molecule has 2 rings (SSSR count). The zero-order valence-electron chi connectivity index (χ0n) is 8.81. The molecule has 1 heterocycles. The predicted octanol–water partition coefficient (Wildman–Crippen LogP) is 6.34. The summed E-state index contributed by atoms with van der Waals surface area (Å²) in [5, 5.41) is 0.370. The van der Waals surface area contributed by atoms with Crippen LogP contribution in [0.25, 0.3) is 0 Å². The Morgan fingerprint density at radius 2 is 1.82 bits per heavy atom. The quantitative estimate of drug-likeness (QED) is 0.565. The molecule has 0 saturated heterocycles. The summed E-state index contributed by atoms with van der Waals surface area (Å²) in [4.78, 5) is 0. The molecule has 5 heteroatoms. The summed E-state index contributed by atoms with van der Waals surface area (Å²) in [6.07, 6.45) is 0. The van der Waals surface area contributed by atoms with E-state index in [4.69, 9.17) is 46.4 Å². The van der Waals surface area contributed by atoms with Crippen LogP contribution in [0, 0.1) is 6.92 Å². The van der Waals surface area contributed by atoms with Gasteiger partial charge < -0.3 is 0 Å². The van der Waals surface area contributed by atoms with Gasteiger partial charge in [-0.15, -0.1) is 22.9 Å². The fourth-order valence-electron chi connectivity index (χ4n) is 1.47. The van der Waals surface area contributed by atoms with Crippen molar-refractivity contribution in [2.45, 2.75) is 12.3 Å². The number of alkyl halides is 1. The summed E-state index contributed by atoms with van der Waals surface area (Å²) >= 11 is 25.7. The van der Waals surface area contributed by atoms with Gasteiger partial charge in [-0.2, -0.15) is 0 Å². The minimum Gasteiger partial charge on any atom is -0.112 e. The number of halogens is 4. The van der Waals surface area contributed by atoms with Crippen molar-refractivity contribution in [3.8, 4) is 0 Å². The topological polar surface area (TPSA) is 0 Å². The second-order valence-corrected chi connectivity index (χ2v) is 6.78. The molecule has 1 aromatic carbocycles. The smallest absolute Gasteiger partial charge is 0.0994 e. The number of benzene rings is 1. The molecule has 90 valence electrons. The van der Waals surface area contributed by atoms with Crippen molar-refractivity contribution in [2.75, 3.05) is 0 Å². The van der Waals surface area contributed by atoms with Gasteiger partial charge in [0.25, 0.3) is 0 Å². The van der Waals surface area contributed by atoms with Gasteiger partial charge in [0, 0.05) is 10.6 Å². The Bertz CT molecular complexity index is 547. The van der Waals surface area contributed by atoms with Gasteiger partial charge in [-0.25, -0.2) is 0 Å². The first-order valence-electron chi connectivity index (χ1n) is 4.84. The van der Waals surface area contributed by atoms with Crippen molar-refractivity contribution in [3.63, 3.8) is 0 Å². The van der Waals surface area contributed by atoms with Crippen LogP contribution in [0.1, 0.15) is 22.1 Å². The third-order valence-corrected chi connectivity index (χ3v) is 4.86. The summed E-state index contributed by atoms with van der Waals surface area (Å²) < 4.78 is 1.25. The molecule has 0 nitrogen and oxygen atoms in total. The molecule has 0 N–H and O–H groups in total. The fourth-order valence-corrected chi connectivity index (χ4v) is 3.62. The summed E-state index contributed by atoms with van der Waals surface area (Å²) in [6, 6.07) is 7.53. The highest BCUT2D eigenvalue weighted by molar-refractivity contribution is 7.20. The zero-order chi connectivity index (χ0) is 12.6. The molecular formula is C12H8Cl4S. The van der Waals surface area contributed by atoms with Crippen LogP contribution in [0.3, 0.4) is 0 Å². The van der Waals surface area contributed by atoms with Crippen LogP contribution < -0.4 is 0 Å². The van der Waals surface area contributed by atoms with Crippen LogP contribution in [0.4, 0.5) is 0 Å². The van der Waals surface area contributed by atoms with E-state index in [0.717, 1.165) is 16.7 Å². The highest BCUT2D eigenvalue weighted by Crippen LogP contribution is 2.41. The molecule has 0 amide bonds. The Labute approximate surface area is 124 Å². The summed E-state index contributed by atoms with van der Waals surface area (Å²) in [5.41, 5.74) is 2.76. The number of rotatable bonds is 2. The van der Waals surface area contributed by atoms with Crippen LogP contribution in [0.15, 0.2) is 24.3 Å². The van der Waals surface area contributed by atoms with E-state index in [1.54, 1.807) is 6.07 Å². The van der Waals surface area contributed by atoms with E-state index < -0.39 is 0 Å². The van der Waals surface area contributed by atoms with Crippen LogP contribution in [-0.2, 0) is 0 Å². The summed E-state index contributed by atoms with van der Waals surface area (Å²) in [5.74, 6) is 0. The lowest BCUT2D eigenvalue weighted by Gasteiger charge is -2.10. The molecule has 0 saturated carbocycles. The lowest BCUT2D eigenvalue weighted by Crippen LogP contribution is -1.92. The summed E-state index contributed by atoms with van der Waals surface area (Å²) in [7, 11) is 0. The maximum atomic E-state index is 6.38. The molecule has 0 fully saturated rings. The molecule has 0 aliphatic rings. The van der Waals surface area contributed by atoms with Crippen molar-refractivity contribution in [3.05, 3.63) is 54.7 Å². The Balaban J connectivity index is 2.40. The molecule has 0 radical (unpaired) electrons. The Kier molecular flexibility index (Phi) is 4.27. The minimum atomic E-state index is -0.329. The molecule has 1 aromatic heterocycles. The van der Waals surface area contributed by atoms with Crippen molar-refractivity contribution in [2.24, 2.45) is 0 Å². The molecule has 0 bridgehead atoms. The van der Waals surface area contributed by atoms with Gasteiger partial charge >= 0.3 is 0 Å². The molecule has 0 aliphatic heterocycles. The average molecular weight is 326 g/mol. The molecule has 0 aliphatic carbocycles. The van der Waals surface area contributed by atoms with Gasteiger partial charge in [-0.3, -0.25) is 0 Å². The second kappa shape index (κ2) is 5.38. The molecule has 2 aromatic rings. The fraction of sp³-hybridized carbons (Fsp3) is 0.167. The SMILES string of the molecule is Cc1ccc(C(Cl)c2cc(Cl)sc2Cl)cc1Cl. The van der Waals surface area contributed by atoms with E-state index in [2.05, 4.69) is 0 Å². The van der Waals surface area contributed by atoms with Gasteiger partial charge in [0.15, 0.2) is 0 Å². The third-order valence-electron chi connectivity index (χ3n) is 2.44. The monoisotopic (exact) mass is 324 g/mol. The van der Waals surface area contributed by atoms with Gasteiger partial charge in [-0.05, 0) is 30.2 Å². The minimum absolute atomic E-state index is 0.329. The highest BCUT2D eigenvalue weighted by Gasteiger charge is 2.17. The predicted molar refractivity (Wildman–Crippen MR) is 78.2 cm³/mol. The zero-order valence-corrected chi connectivity index (χ0v) is 12.6. The summed E-state index contributed by atoms with van der Waals surface area (Å²) in [6.45, 7) is 1.95. The lowest BCUT2D eigenvalue weighted by molar-refractivity contribution is 1.15. The van der Waals surface area contributed by atoms with Crippen LogP contribution in [-0.4, -0.2) is 0 Å². The van der Waals surface area contributed by atoms with Gasteiger partial charge in [-0.1, -0.05) is 46.9 Å². The first-order valence-corrected chi connectivity index (χ1v) is 7.22. The largest absolute Gasteiger partial charge is 0.112 e. The highest BCUT2D eigenvalue weighted by atomic mass is 35.5. The van der Waals surface area contributed by atoms with Crippen molar-refractivity contribution >= 4 is 57.7 Å². The van der Waals surface area contributed by atoms with E-state index in [1.807, 2.05) is 25.1 Å². The molecule has 1 unspecified atom stereocenters. The first-order chi connectivity index (χ1) is 7.99. The molecule has 0 spiro atoms. The van der Waals surface area contributed by atoms with Crippen LogP contribution in [0.5, 0.6) is 0 Å². The molecule has 17 heavy (non-hydrogen) atoms.